The van der Waals surface area contributed by atoms with Crippen LogP contribution in [0.5, 0.6) is 0 Å². The van der Waals surface area contributed by atoms with Crippen LogP contribution in [0.15, 0.2) is 64.4 Å². The number of rotatable bonds is 5. The number of hydrogen-bond donors (Lipinski definition) is 0. The van der Waals surface area contributed by atoms with Crippen molar-refractivity contribution in [2.75, 3.05) is 22.9 Å². The van der Waals surface area contributed by atoms with Gasteiger partial charge in [-0.1, -0.05) is 24.3 Å². The monoisotopic (exact) mass is 429 g/mol. The third-order valence-corrected chi connectivity index (χ3v) is 10.5. The predicted molar refractivity (Wildman–Crippen MR) is 103 cm³/mol. The molecule has 0 amide bonds. The fourth-order valence-electron chi connectivity index (χ4n) is 2.94. The van der Waals surface area contributed by atoms with Gasteiger partial charge in [-0.3, -0.25) is 4.31 Å². The summed E-state index contributed by atoms with van der Waals surface area (Å²) in [6.07, 6.45) is 0.0194. The molecule has 3 rings (SSSR count). The average Bonchev–Trinajstić information content (AvgIpc) is 3.02. The third kappa shape index (κ3) is 3.87. The molecule has 1 aliphatic heterocycles. The zero-order chi connectivity index (χ0) is 19.9. The molecule has 1 aliphatic rings. The molecule has 0 N–H and O–H groups in total. The lowest BCUT2D eigenvalue weighted by Gasteiger charge is -2.20. The van der Waals surface area contributed by atoms with Crippen LogP contribution < -0.4 is 4.31 Å². The maximum Gasteiger partial charge on any atom is 0.264 e. The second-order valence-electron chi connectivity index (χ2n) is 6.35. The molecule has 27 heavy (non-hydrogen) atoms. The van der Waals surface area contributed by atoms with Crippen molar-refractivity contribution in [3.05, 3.63) is 54.6 Å². The third-order valence-electron chi connectivity index (χ3n) is 4.54. The van der Waals surface area contributed by atoms with Gasteiger partial charge >= 0.3 is 0 Å². The van der Waals surface area contributed by atoms with Crippen LogP contribution in [0.2, 0.25) is 0 Å². The van der Waals surface area contributed by atoms with E-state index in [9.17, 15) is 25.3 Å². The first-order chi connectivity index (χ1) is 12.5. The van der Waals surface area contributed by atoms with Crippen molar-refractivity contribution in [3.8, 4) is 0 Å². The quantitative estimate of drug-likeness (QED) is 0.713. The fraction of sp³-hybridized carbons (Fsp3) is 0.294. The van der Waals surface area contributed by atoms with Gasteiger partial charge in [-0.25, -0.2) is 25.3 Å². The van der Waals surface area contributed by atoms with E-state index in [0.717, 1.165) is 10.4 Å². The van der Waals surface area contributed by atoms with Gasteiger partial charge in [-0.05, 0) is 36.8 Å². The molecular formula is C17H19NO6S3. The van der Waals surface area contributed by atoms with Crippen LogP contribution in [0.4, 0.5) is 5.69 Å². The van der Waals surface area contributed by atoms with Gasteiger partial charge in [0.1, 0.15) is 0 Å². The van der Waals surface area contributed by atoms with E-state index in [1.807, 2.05) is 0 Å². The molecule has 0 saturated carbocycles. The molecule has 0 spiro atoms. The Balaban J connectivity index is 1.98. The summed E-state index contributed by atoms with van der Waals surface area (Å²) in [6, 6.07) is 13.5. The van der Waals surface area contributed by atoms with Gasteiger partial charge in [0.25, 0.3) is 10.0 Å². The Morgan fingerprint density at radius 2 is 1.56 bits per heavy atom. The number of sulfonamides is 1. The van der Waals surface area contributed by atoms with Gasteiger partial charge in [0.05, 0.1) is 32.2 Å². The minimum absolute atomic E-state index is 0.0194. The van der Waals surface area contributed by atoms with Crippen molar-refractivity contribution < 1.29 is 25.3 Å². The lowest BCUT2D eigenvalue weighted by atomic mass is 10.3. The van der Waals surface area contributed by atoms with E-state index in [1.54, 1.807) is 30.3 Å². The average molecular weight is 430 g/mol. The van der Waals surface area contributed by atoms with E-state index >= 15 is 0 Å². The Bertz CT molecular complexity index is 1160. The Morgan fingerprint density at radius 1 is 0.926 bits per heavy atom. The molecule has 146 valence electrons. The molecule has 1 atom stereocenters. The fourth-order valence-corrected chi connectivity index (χ4v) is 8.66. The second kappa shape index (κ2) is 6.92. The van der Waals surface area contributed by atoms with Crippen LogP contribution in [0.3, 0.4) is 0 Å². The maximum atomic E-state index is 12.9. The predicted octanol–water partition coefficient (Wildman–Crippen LogP) is 1.47. The van der Waals surface area contributed by atoms with Gasteiger partial charge in [-0.15, -0.1) is 0 Å². The molecule has 0 aromatic heterocycles. The first kappa shape index (κ1) is 19.8. The highest BCUT2D eigenvalue weighted by atomic mass is 32.2. The molecule has 0 unspecified atom stereocenters. The number of hydrogen-bond acceptors (Lipinski definition) is 6. The highest BCUT2D eigenvalue weighted by molar-refractivity contribution is 7.96. The second-order valence-corrected chi connectivity index (χ2v) is 12.8. The molecule has 10 heteroatoms. The molecule has 0 aliphatic carbocycles. The lowest BCUT2D eigenvalue weighted by Crippen LogP contribution is -2.27. The van der Waals surface area contributed by atoms with Crippen LogP contribution in [-0.2, 0) is 29.7 Å². The minimum Gasteiger partial charge on any atom is -0.269 e. The number of sulfone groups is 2. The van der Waals surface area contributed by atoms with E-state index in [4.69, 9.17) is 0 Å². The smallest absolute Gasteiger partial charge is 0.264 e. The Morgan fingerprint density at radius 3 is 2.15 bits per heavy atom. The zero-order valence-corrected chi connectivity index (χ0v) is 17.0. The highest BCUT2D eigenvalue weighted by Gasteiger charge is 2.38. The minimum atomic E-state index is -3.97. The molecule has 1 saturated heterocycles. The number of anilines is 1. The van der Waals surface area contributed by atoms with Gasteiger partial charge in [0.15, 0.2) is 19.7 Å². The molecule has 1 heterocycles. The summed E-state index contributed by atoms with van der Waals surface area (Å²) < 4.78 is 75.6. The molecule has 1 fully saturated rings. The Labute approximate surface area is 159 Å². The van der Waals surface area contributed by atoms with Crippen LogP contribution in [0.1, 0.15) is 6.42 Å². The summed E-state index contributed by atoms with van der Waals surface area (Å²) in [6.45, 7) is 0. The summed E-state index contributed by atoms with van der Waals surface area (Å²) >= 11 is 0. The molecule has 0 radical (unpaired) electrons. The van der Waals surface area contributed by atoms with Crippen LogP contribution in [0.25, 0.3) is 0 Å². The van der Waals surface area contributed by atoms with Crippen molar-refractivity contribution in [1.29, 1.82) is 0 Å². The first-order valence-corrected chi connectivity index (χ1v) is 12.9. The van der Waals surface area contributed by atoms with Crippen molar-refractivity contribution in [1.82, 2.24) is 0 Å². The first-order valence-electron chi connectivity index (χ1n) is 8.12. The van der Waals surface area contributed by atoms with E-state index in [2.05, 4.69) is 0 Å². The summed E-state index contributed by atoms with van der Waals surface area (Å²) in [4.78, 5) is -0.358. The van der Waals surface area contributed by atoms with Crippen LogP contribution in [0, 0.1) is 0 Å². The van der Waals surface area contributed by atoms with E-state index < -0.39 is 40.7 Å². The topological polar surface area (TPSA) is 106 Å². The highest BCUT2D eigenvalue weighted by Crippen LogP contribution is 2.28. The molecular weight excluding hydrogens is 410 g/mol. The Hall–Kier alpha value is -1.91. The summed E-state index contributed by atoms with van der Waals surface area (Å²) in [5.41, 5.74) is 0.438. The maximum absolute atomic E-state index is 12.9. The van der Waals surface area contributed by atoms with Gasteiger partial charge in [0, 0.05) is 7.05 Å². The largest absolute Gasteiger partial charge is 0.269 e. The summed E-state index contributed by atoms with van der Waals surface area (Å²) in [5.74, 6) is -0.609. The number of benzene rings is 2. The van der Waals surface area contributed by atoms with Crippen molar-refractivity contribution in [3.63, 3.8) is 0 Å². The van der Waals surface area contributed by atoms with Crippen LogP contribution in [-0.4, -0.2) is 49.1 Å². The standard InChI is InChI=1S/C17H19NO6S3/c1-18(14-6-3-2-4-7-14)27(23,24)16-9-5-8-15(12-16)26(21,22)17-10-11-25(19,20)13-17/h2-9,12,17H,10-11,13H2,1H3/t17-/m1/s1. The van der Waals surface area contributed by atoms with Gasteiger partial charge in [-0.2, -0.15) is 0 Å². The SMILES string of the molecule is CN(c1ccccc1)S(=O)(=O)c1cccc(S(=O)(=O)[C@@H]2CCS(=O)(=O)C2)c1. The molecule has 0 bridgehead atoms. The van der Waals surface area contributed by atoms with Gasteiger partial charge in [0.2, 0.25) is 0 Å². The number of para-hydroxylation sites is 1. The van der Waals surface area contributed by atoms with Crippen molar-refractivity contribution >= 4 is 35.4 Å². The van der Waals surface area contributed by atoms with E-state index in [0.29, 0.717) is 5.69 Å². The molecule has 7 nitrogen and oxygen atoms in total. The van der Waals surface area contributed by atoms with E-state index in [-0.39, 0.29) is 22.0 Å². The van der Waals surface area contributed by atoms with Crippen LogP contribution >= 0.6 is 0 Å². The normalized spacial score (nSPS) is 19.7. The van der Waals surface area contributed by atoms with Crippen molar-refractivity contribution in [2.24, 2.45) is 0 Å². The molecule has 2 aromatic carbocycles. The summed E-state index contributed by atoms with van der Waals surface area (Å²) in [5, 5.41) is -1.05. The number of nitrogens with zero attached hydrogens (tertiary/aromatic N) is 1. The summed E-state index contributed by atoms with van der Waals surface area (Å²) in [7, 11) is -9.91. The van der Waals surface area contributed by atoms with Crippen molar-refractivity contribution in [2.45, 2.75) is 21.5 Å². The zero-order valence-electron chi connectivity index (χ0n) is 14.5. The Kier molecular flexibility index (Phi) is 5.08. The molecule has 2 aromatic rings. The lowest BCUT2D eigenvalue weighted by molar-refractivity contribution is 0.581. The van der Waals surface area contributed by atoms with E-state index in [1.165, 1.54) is 25.2 Å². The van der Waals surface area contributed by atoms with Gasteiger partial charge < -0.3 is 0 Å².